The van der Waals surface area contributed by atoms with Crippen molar-refractivity contribution < 1.29 is 12.8 Å². The maximum atomic E-state index is 12.0. The van der Waals surface area contributed by atoms with E-state index < -0.39 is 9.84 Å². The molecule has 0 amide bonds. The molecule has 0 aliphatic rings. The van der Waals surface area contributed by atoms with E-state index in [1.54, 1.807) is 20.1 Å². The number of hydrogen-bond acceptors (Lipinski definition) is 3. The number of rotatable bonds is 7. The van der Waals surface area contributed by atoms with E-state index in [-0.39, 0.29) is 11.0 Å². The van der Waals surface area contributed by atoms with Crippen LogP contribution in [0.2, 0.25) is 0 Å². The van der Waals surface area contributed by atoms with E-state index in [2.05, 4.69) is 24.3 Å². The van der Waals surface area contributed by atoms with Gasteiger partial charge in [0.2, 0.25) is 0 Å². The van der Waals surface area contributed by atoms with E-state index >= 15 is 0 Å². The van der Waals surface area contributed by atoms with Crippen molar-refractivity contribution in [2.75, 3.05) is 0 Å². The molecular formula is C22H24O3S. The maximum absolute atomic E-state index is 12.0. The monoisotopic (exact) mass is 368 g/mol. The lowest BCUT2D eigenvalue weighted by molar-refractivity contribution is 0.582. The van der Waals surface area contributed by atoms with Crippen LogP contribution in [0.1, 0.15) is 30.5 Å². The number of hydrogen-bond donors (Lipinski definition) is 0. The summed E-state index contributed by atoms with van der Waals surface area (Å²) in [5.41, 5.74) is 4.41. The van der Waals surface area contributed by atoms with Gasteiger partial charge in [-0.2, -0.15) is 0 Å². The molecule has 0 unspecified atom stereocenters. The van der Waals surface area contributed by atoms with Crippen LogP contribution in [-0.2, 0) is 28.4 Å². The molecule has 2 aromatic carbocycles. The molecule has 0 saturated heterocycles. The SMILES string of the molecule is CC(C)S(=O)(=O)Cc1ccc(CCc2ccc(-c3ccco3)cc2)cc1. The minimum absolute atomic E-state index is 0.110. The summed E-state index contributed by atoms with van der Waals surface area (Å²) in [5.74, 6) is 0.989. The first-order valence-corrected chi connectivity index (χ1v) is 10.6. The molecule has 0 fully saturated rings. The Kier molecular flexibility index (Phi) is 5.62. The second kappa shape index (κ2) is 7.92. The van der Waals surface area contributed by atoms with Crippen molar-refractivity contribution in [3.8, 4) is 11.3 Å². The van der Waals surface area contributed by atoms with Crippen LogP contribution >= 0.6 is 0 Å². The highest BCUT2D eigenvalue weighted by molar-refractivity contribution is 7.91. The Labute approximate surface area is 155 Å². The quantitative estimate of drug-likeness (QED) is 0.586. The first kappa shape index (κ1) is 18.5. The van der Waals surface area contributed by atoms with E-state index in [4.69, 9.17) is 4.42 Å². The van der Waals surface area contributed by atoms with Gasteiger partial charge in [-0.15, -0.1) is 0 Å². The highest BCUT2D eigenvalue weighted by atomic mass is 32.2. The summed E-state index contributed by atoms with van der Waals surface area (Å²) in [6, 6.07) is 20.2. The molecule has 0 aliphatic carbocycles. The van der Waals surface area contributed by atoms with Crippen molar-refractivity contribution in [2.45, 2.75) is 37.7 Å². The zero-order valence-electron chi connectivity index (χ0n) is 15.2. The van der Waals surface area contributed by atoms with Gasteiger partial charge in [0, 0.05) is 5.56 Å². The van der Waals surface area contributed by atoms with E-state index in [1.165, 1.54) is 11.1 Å². The molecule has 136 valence electrons. The topological polar surface area (TPSA) is 47.3 Å². The Bertz CT molecular complexity index is 920. The van der Waals surface area contributed by atoms with E-state index in [0.717, 1.165) is 29.7 Å². The third-order valence-electron chi connectivity index (χ3n) is 4.57. The van der Waals surface area contributed by atoms with Crippen molar-refractivity contribution >= 4 is 9.84 Å². The normalized spacial score (nSPS) is 11.8. The third-order valence-corrected chi connectivity index (χ3v) is 6.74. The van der Waals surface area contributed by atoms with Gasteiger partial charge in [0.05, 0.1) is 17.3 Å². The van der Waals surface area contributed by atoms with Crippen LogP contribution in [0.25, 0.3) is 11.3 Å². The summed E-state index contributed by atoms with van der Waals surface area (Å²) in [4.78, 5) is 0. The number of furan rings is 1. The van der Waals surface area contributed by atoms with Gasteiger partial charge in [-0.3, -0.25) is 0 Å². The van der Waals surface area contributed by atoms with E-state index in [1.807, 2.05) is 36.4 Å². The molecule has 0 atom stereocenters. The van der Waals surface area contributed by atoms with E-state index in [9.17, 15) is 8.42 Å². The van der Waals surface area contributed by atoms with Crippen LogP contribution in [0, 0.1) is 0 Å². The summed E-state index contributed by atoms with van der Waals surface area (Å²) in [6.45, 7) is 3.45. The van der Waals surface area contributed by atoms with E-state index in [0.29, 0.717) is 0 Å². The molecule has 0 aliphatic heterocycles. The molecular weight excluding hydrogens is 344 g/mol. The Balaban J connectivity index is 1.58. The average molecular weight is 368 g/mol. The Morgan fingerprint density at radius 3 is 1.85 bits per heavy atom. The average Bonchev–Trinajstić information content (AvgIpc) is 3.16. The molecule has 3 aromatic rings. The smallest absolute Gasteiger partial charge is 0.156 e. The van der Waals surface area contributed by atoms with Crippen molar-refractivity contribution in [3.63, 3.8) is 0 Å². The van der Waals surface area contributed by atoms with Crippen molar-refractivity contribution in [1.29, 1.82) is 0 Å². The molecule has 0 N–H and O–H groups in total. The van der Waals surface area contributed by atoms with Gasteiger partial charge in [0.1, 0.15) is 5.76 Å². The summed E-state index contributed by atoms with van der Waals surface area (Å²) in [5, 5.41) is -0.341. The predicted molar refractivity (Wildman–Crippen MR) is 106 cm³/mol. The zero-order chi connectivity index (χ0) is 18.6. The molecule has 1 heterocycles. The second-order valence-electron chi connectivity index (χ2n) is 6.85. The molecule has 1 aromatic heterocycles. The lowest BCUT2D eigenvalue weighted by Crippen LogP contribution is -2.15. The van der Waals surface area contributed by atoms with Crippen LogP contribution in [0.5, 0.6) is 0 Å². The summed E-state index contributed by atoms with van der Waals surface area (Å²) < 4.78 is 29.4. The Hall–Kier alpha value is -2.33. The van der Waals surface area contributed by atoms with Gasteiger partial charge in [-0.1, -0.05) is 48.5 Å². The standard InChI is InChI=1S/C22H24O3S/c1-17(2)26(23,24)16-20-9-7-18(8-10-20)5-6-19-11-13-21(14-12-19)22-4-3-15-25-22/h3-4,7-15,17H,5-6,16H2,1-2H3. The fourth-order valence-corrected chi connectivity index (χ4v) is 3.76. The molecule has 0 radical (unpaired) electrons. The van der Waals surface area contributed by atoms with Crippen molar-refractivity contribution in [3.05, 3.63) is 83.6 Å². The molecule has 0 saturated carbocycles. The fraction of sp³-hybridized carbons (Fsp3) is 0.273. The largest absolute Gasteiger partial charge is 0.464 e. The first-order valence-electron chi connectivity index (χ1n) is 8.86. The van der Waals surface area contributed by atoms with Crippen molar-refractivity contribution in [2.24, 2.45) is 0 Å². The highest BCUT2D eigenvalue weighted by Gasteiger charge is 2.16. The van der Waals surface area contributed by atoms with Crippen LogP contribution in [0.4, 0.5) is 0 Å². The number of benzene rings is 2. The van der Waals surface area contributed by atoms with Gasteiger partial charge < -0.3 is 4.42 Å². The lowest BCUT2D eigenvalue weighted by Gasteiger charge is -2.08. The fourth-order valence-electron chi connectivity index (χ4n) is 2.77. The number of sulfone groups is 1. The van der Waals surface area contributed by atoms with Gasteiger partial charge in [0.15, 0.2) is 9.84 Å². The molecule has 0 spiro atoms. The van der Waals surface area contributed by atoms with Crippen LogP contribution < -0.4 is 0 Å². The summed E-state index contributed by atoms with van der Waals surface area (Å²) in [7, 11) is -3.05. The lowest BCUT2D eigenvalue weighted by atomic mass is 10.0. The van der Waals surface area contributed by atoms with Crippen molar-refractivity contribution in [1.82, 2.24) is 0 Å². The van der Waals surface area contributed by atoms with Crippen LogP contribution in [-0.4, -0.2) is 13.7 Å². The van der Waals surface area contributed by atoms with Gasteiger partial charge >= 0.3 is 0 Å². The molecule has 4 heteroatoms. The number of aryl methyl sites for hydroxylation is 2. The van der Waals surface area contributed by atoms with Crippen LogP contribution in [0.3, 0.4) is 0 Å². The molecule has 3 nitrogen and oxygen atoms in total. The Morgan fingerprint density at radius 2 is 1.35 bits per heavy atom. The molecule has 0 bridgehead atoms. The predicted octanol–water partition coefficient (Wildman–Crippen LogP) is 5.06. The van der Waals surface area contributed by atoms with Gasteiger partial charge in [-0.05, 0) is 55.5 Å². The molecule has 26 heavy (non-hydrogen) atoms. The minimum Gasteiger partial charge on any atom is -0.464 e. The van der Waals surface area contributed by atoms with Crippen LogP contribution in [0.15, 0.2) is 71.3 Å². The highest BCUT2D eigenvalue weighted by Crippen LogP contribution is 2.21. The third kappa shape index (κ3) is 4.64. The second-order valence-corrected chi connectivity index (χ2v) is 9.40. The van der Waals surface area contributed by atoms with Gasteiger partial charge in [0.25, 0.3) is 0 Å². The van der Waals surface area contributed by atoms with Gasteiger partial charge in [-0.25, -0.2) is 8.42 Å². The summed E-state index contributed by atoms with van der Waals surface area (Å²) in [6.07, 6.45) is 3.55. The first-order chi connectivity index (χ1) is 12.4. The Morgan fingerprint density at radius 1 is 0.808 bits per heavy atom. The molecule has 3 rings (SSSR count). The summed E-state index contributed by atoms with van der Waals surface area (Å²) >= 11 is 0. The zero-order valence-corrected chi connectivity index (χ0v) is 16.0. The maximum Gasteiger partial charge on any atom is 0.156 e. The minimum atomic E-state index is -3.05.